The molecule has 1 saturated carbocycles. The first-order chi connectivity index (χ1) is 15.8. The van der Waals surface area contributed by atoms with Crippen LogP contribution in [0, 0.1) is 0 Å². The highest BCUT2D eigenvalue weighted by Crippen LogP contribution is 2.46. The minimum Gasteiger partial charge on any atom is -0.293 e. The average molecular weight is 461 g/mol. The largest absolute Gasteiger partial charge is 0.293 e. The number of benzene rings is 2. The summed E-state index contributed by atoms with van der Waals surface area (Å²) in [6, 6.07) is 20.2. The van der Waals surface area contributed by atoms with Crippen LogP contribution in [0.5, 0.6) is 0 Å². The van der Waals surface area contributed by atoms with Crippen LogP contribution in [0.3, 0.4) is 0 Å². The van der Waals surface area contributed by atoms with E-state index in [1.807, 2.05) is 57.9 Å². The number of hydrogen-bond acceptors (Lipinski definition) is 5. The van der Waals surface area contributed by atoms with Crippen molar-refractivity contribution in [3.05, 3.63) is 71.4 Å². The fraction of sp³-hybridized carbons (Fsp3) is 0.320. The van der Waals surface area contributed by atoms with Crippen LogP contribution < -0.4 is 4.90 Å². The lowest BCUT2D eigenvalue weighted by Crippen LogP contribution is -2.28. The van der Waals surface area contributed by atoms with Gasteiger partial charge < -0.3 is 0 Å². The van der Waals surface area contributed by atoms with Crippen molar-refractivity contribution < 1.29 is 4.79 Å². The molecule has 3 heterocycles. The first-order valence-electron chi connectivity index (χ1n) is 11.2. The number of hydrogen-bond donors (Lipinski definition) is 0. The molecule has 1 saturated heterocycles. The molecule has 6 rings (SSSR count). The third-order valence-electron chi connectivity index (χ3n) is 6.39. The van der Waals surface area contributed by atoms with Gasteiger partial charge in [0.05, 0.1) is 11.4 Å². The second kappa shape index (κ2) is 8.37. The number of aromatic nitrogens is 3. The summed E-state index contributed by atoms with van der Waals surface area (Å²) in [4.78, 5) is 20.9. The molecule has 1 unspecified atom stereocenters. The van der Waals surface area contributed by atoms with E-state index < -0.39 is 0 Å². The van der Waals surface area contributed by atoms with E-state index in [0.717, 1.165) is 27.6 Å². The van der Waals surface area contributed by atoms with Gasteiger partial charge in [-0.2, -0.15) is 5.10 Å². The van der Waals surface area contributed by atoms with Gasteiger partial charge in [-0.25, -0.2) is 9.50 Å². The molecule has 2 aliphatic rings. The second-order valence-electron chi connectivity index (χ2n) is 8.44. The molecule has 7 heteroatoms. The molecule has 32 heavy (non-hydrogen) atoms. The van der Waals surface area contributed by atoms with Gasteiger partial charge in [0, 0.05) is 17.2 Å². The lowest BCUT2D eigenvalue weighted by atomic mass is 9.90. The molecule has 1 atom stereocenters. The molecular formula is C25H24N4OS2. The van der Waals surface area contributed by atoms with Crippen molar-refractivity contribution in [1.82, 2.24) is 14.6 Å². The van der Waals surface area contributed by atoms with Crippen molar-refractivity contribution in [2.75, 3.05) is 10.7 Å². The van der Waals surface area contributed by atoms with Crippen LogP contribution in [0.15, 0.2) is 60.7 Å². The number of nitrogens with zero attached hydrogens (tertiary/aromatic N) is 4. The summed E-state index contributed by atoms with van der Waals surface area (Å²) in [6.07, 6.45) is 6.32. The Balaban J connectivity index is 1.51. The van der Waals surface area contributed by atoms with Crippen LogP contribution in [0.1, 0.15) is 54.1 Å². The van der Waals surface area contributed by atoms with Gasteiger partial charge in [-0.05, 0) is 25.0 Å². The van der Waals surface area contributed by atoms with Crippen LogP contribution in [-0.2, 0) is 4.79 Å². The molecule has 2 fully saturated rings. The lowest BCUT2D eigenvalue weighted by Gasteiger charge is -2.24. The van der Waals surface area contributed by atoms with Gasteiger partial charge in [0.1, 0.15) is 16.1 Å². The molecule has 0 bridgehead atoms. The molecule has 0 radical (unpaired) electrons. The zero-order valence-electron chi connectivity index (χ0n) is 17.7. The molecule has 162 valence electrons. The van der Waals surface area contributed by atoms with Crippen molar-refractivity contribution in [3.8, 4) is 11.3 Å². The molecule has 1 aliphatic heterocycles. The second-order valence-corrected chi connectivity index (χ2v) is 10.5. The molecule has 1 aliphatic carbocycles. The molecule has 5 nitrogen and oxygen atoms in total. The summed E-state index contributed by atoms with van der Waals surface area (Å²) in [5.74, 6) is 1.12. The van der Waals surface area contributed by atoms with Gasteiger partial charge in [0.15, 0.2) is 0 Å². The SMILES string of the molecule is O=C1CSC(c2c(-c3ccccc3)nc3sc(C4CCCCC4)nn23)N1c1ccccc1. The monoisotopic (exact) mass is 460 g/mol. The van der Waals surface area contributed by atoms with E-state index in [-0.39, 0.29) is 11.3 Å². The van der Waals surface area contributed by atoms with Crippen molar-refractivity contribution in [1.29, 1.82) is 0 Å². The van der Waals surface area contributed by atoms with Crippen molar-refractivity contribution in [2.45, 2.75) is 43.4 Å². The van der Waals surface area contributed by atoms with Crippen LogP contribution in [0.4, 0.5) is 5.69 Å². The number of para-hydroxylation sites is 1. The molecule has 0 N–H and O–H groups in total. The maximum Gasteiger partial charge on any atom is 0.238 e. The Morgan fingerprint density at radius 2 is 1.62 bits per heavy atom. The van der Waals surface area contributed by atoms with Gasteiger partial charge in [0.25, 0.3) is 0 Å². The van der Waals surface area contributed by atoms with Gasteiger partial charge in [-0.3, -0.25) is 9.69 Å². The first kappa shape index (κ1) is 20.0. The van der Waals surface area contributed by atoms with E-state index in [9.17, 15) is 4.79 Å². The number of anilines is 1. The zero-order chi connectivity index (χ0) is 21.5. The maximum atomic E-state index is 13.0. The molecule has 2 aromatic heterocycles. The van der Waals surface area contributed by atoms with Crippen molar-refractivity contribution in [2.24, 2.45) is 0 Å². The zero-order valence-corrected chi connectivity index (χ0v) is 19.3. The van der Waals surface area contributed by atoms with Crippen LogP contribution in [-0.4, -0.2) is 26.3 Å². The lowest BCUT2D eigenvalue weighted by molar-refractivity contribution is -0.115. The van der Waals surface area contributed by atoms with Crippen LogP contribution >= 0.6 is 23.1 Å². The Hall–Kier alpha value is -2.64. The highest BCUT2D eigenvalue weighted by atomic mass is 32.2. The number of rotatable bonds is 4. The summed E-state index contributed by atoms with van der Waals surface area (Å²) in [6.45, 7) is 0. The highest BCUT2D eigenvalue weighted by molar-refractivity contribution is 8.00. The molecular weight excluding hydrogens is 436 g/mol. The van der Waals surface area contributed by atoms with E-state index in [1.54, 1.807) is 23.1 Å². The van der Waals surface area contributed by atoms with Crippen LogP contribution in [0.25, 0.3) is 16.2 Å². The third kappa shape index (κ3) is 3.44. The minimum absolute atomic E-state index is 0.128. The number of carbonyl (C=O) groups is 1. The highest BCUT2D eigenvalue weighted by Gasteiger charge is 2.39. The summed E-state index contributed by atoms with van der Waals surface area (Å²) < 4.78 is 2.03. The summed E-state index contributed by atoms with van der Waals surface area (Å²) >= 11 is 3.38. The van der Waals surface area contributed by atoms with Gasteiger partial charge in [0.2, 0.25) is 10.9 Å². The average Bonchev–Trinajstić information content (AvgIpc) is 3.53. The minimum atomic E-state index is -0.156. The number of imidazole rings is 1. The molecule has 4 aromatic rings. The van der Waals surface area contributed by atoms with E-state index in [0.29, 0.717) is 11.7 Å². The fourth-order valence-electron chi connectivity index (χ4n) is 4.82. The molecule has 0 spiro atoms. The predicted octanol–water partition coefficient (Wildman–Crippen LogP) is 6.28. The Bertz CT molecular complexity index is 1250. The predicted molar refractivity (Wildman–Crippen MR) is 131 cm³/mol. The Morgan fingerprint density at radius 1 is 0.906 bits per heavy atom. The third-order valence-corrected chi connectivity index (χ3v) is 8.63. The number of fused-ring (bicyclic) bond motifs is 1. The van der Waals surface area contributed by atoms with Crippen molar-refractivity contribution >= 4 is 39.7 Å². The van der Waals surface area contributed by atoms with E-state index in [4.69, 9.17) is 10.1 Å². The van der Waals surface area contributed by atoms with Gasteiger partial charge >= 0.3 is 0 Å². The standard InChI is InChI=1S/C25H24N4OS2/c30-20-16-31-24(28(20)19-14-8-3-9-15-19)22-21(17-10-4-1-5-11-17)26-25-29(22)27-23(32-25)18-12-6-2-7-13-18/h1,3-5,8-11,14-15,18,24H,2,6-7,12-13,16H2. The number of thioether (sulfide) groups is 1. The quantitative estimate of drug-likeness (QED) is 0.359. The smallest absolute Gasteiger partial charge is 0.238 e. The Labute approximate surface area is 195 Å². The number of amides is 1. The van der Waals surface area contributed by atoms with Gasteiger partial charge in [-0.1, -0.05) is 79.1 Å². The summed E-state index contributed by atoms with van der Waals surface area (Å²) in [5, 5.41) is 6.13. The first-order valence-corrected chi connectivity index (χ1v) is 13.1. The van der Waals surface area contributed by atoms with E-state index >= 15 is 0 Å². The maximum absolute atomic E-state index is 13.0. The van der Waals surface area contributed by atoms with E-state index in [2.05, 4.69) is 12.1 Å². The van der Waals surface area contributed by atoms with E-state index in [1.165, 1.54) is 37.1 Å². The normalized spacial score (nSPS) is 19.8. The number of carbonyl (C=O) groups excluding carboxylic acids is 1. The summed E-state index contributed by atoms with van der Waals surface area (Å²) in [5.41, 5.74) is 3.91. The topological polar surface area (TPSA) is 50.5 Å². The van der Waals surface area contributed by atoms with Crippen molar-refractivity contribution in [3.63, 3.8) is 0 Å². The van der Waals surface area contributed by atoms with Crippen LogP contribution in [0.2, 0.25) is 0 Å². The fourth-order valence-corrected chi connectivity index (χ4v) is 7.09. The summed E-state index contributed by atoms with van der Waals surface area (Å²) in [7, 11) is 0. The molecule has 2 aromatic carbocycles. The molecule has 1 amide bonds. The Morgan fingerprint density at radius 3 is 2.38 bits per heavy atom. The van der Waals surface area contributed by atoms with Gasteiger partial charge in [-0.15, -0.1) is 11.8 Å². The Kier molecular flexibility index (Phi) is 5.23.